The lowest BCUT2D eigenvalue weighted by Gasteiger charge is -2.19. The summed E-state index contributed by atoms with van der Waals surface area (Å²) in [5.74, 6) is -1.67. The van der Waals surface area contributed by atoms with Gasteiger partial charge >= 0.3 is 15.2 Å². The van der Waals surface area contributed by atoms with Gasteiger partial charge in [-0.2, -0.15) is 5.10 Å². The van der Waals surface area contributed by atoms with Gasteiger partial charge in [-0.25, -0.2) is 14.1 Å². The average molecular weight is 572 g/mol. The van der Waals surface area contributed by atoms with Gasteiger partial charge < -0.3 is 39.5 Å². The van der Waals surface area contributed by atoms with Crippen molar-refractivity contribution in [1.29, 1.82) is 0 Å². The van der Waals surface area contributed by atoms with E-state index < -0.39 is 52.2 Å². The lowest BCUT2D eigenvalue weighted by Crippen LogP contribution is -2.33. The van der Waals surface area contributed by atoms with Crippen LogP contribution in [0, 0.1) is 12.7 Å². The van der Waals surface area contributed by atoms with E-state index in [0.29, 0.717) is 22.4 Å². The number of halogens is 1. The highest BCUT2D eigenvalue weighted by molar-refractivity contribution is 7.70. The van der Waals surface area contributed by atoms with Crippen molar-refractivity contribution in [3.63, 3.8) is 0 Å². The summed E-state index contributed by atoms with van der Waals surface area (Å²) in [6.07, 6.45) is -2.55. The van der Waals surface area contributed by atoms with Gasteiger partial charge in [-0.05, 0) is 49.1 Å². The molecule has 206 valence electrons. The Balaban J connectivity index is 1.37. The third-order valence-electron chi connectivity index (χ3n) is 6.59. The van der Waals surface area contributed by atoms with Crippen molar-refractivity contribution in [2.75, 3.05) is 17.8 Å². The number of benzene rings is 1. The van der Waals surface area contributed by atoms with E-state index in [1.165, 1.54) is 23.0 Å². The Kier molecular flexibility index (Phi) is 7.23. The predicted octanol–water partition coefficient (Wildman–Crippen LogP) is 1.93. The molecular weight excluding hydrogens is 545 g/mol. The van der Waals surface area contributed by atoms with E-state index in [0.717, 1.165) is 24.0 Å². The minimum atomic E-state index is -4.83. The summed E-state index contributed by atoms with van der Waals surface area (Å²) in [4.78, 5) is 32.1. The number of hydrogen-bond donors (Lipinski definition) is 6. The molecule has 6 N–H and O–H groups in total. The molecule has 0 amide bonds. The standard InChI is InChI=1S/C22H27FN4O9P2/c1-11-6-17(26-16-5-2-12-7-13(23)3-4-14(12)16)15-8-24-27(21(15)25-11)22-20(29)19(28)18(36-22)9-35-38(33,34)10-37(30,31)32/h3-4,6-8,16,18-20,22,28-29H,2,5,9-10H2,1H3,(H,25,26)(H,33,34)(H2,30,31,32)/t16-,18-,19?,20+,22-/m1/s1. The topological polar surface area (TPSA) is 196 Å². The maximum atomic E-state index is 13.6. The van der Waals surface area contributed by atoms with E-state index in [4.69, 9.17) is 19.0 Å². The van der Waals surface area contributed by atoms with Crippen LogP contribution in [0.25, 0.3) is 11.0 Å². The fourth-order valence-corrected chi connectivity index (χ4v) is 7.47. The zero-order valence-electron chi connectivity index (χ0n) is 20.1. The molecule has 3 aromatic rings. The van der Waals surface area contributed by atoms with Crippen LogP contribution in [0.4, 0.5) is 10.1 Å². The Morgan fingerprint density at radius 3 is 2.71 bits per heavy atom. The van der Waals surface area contributed by atoms with Crippen LogP contribution in [0.5, 0.6) is 0 Å². The van der Waals surface area contributed by atoms with Crippen LogP contribution in [0.15, 0.2) is 30.5 Å². The maximum Gasteiger partial charge on any atom is 0.340 e. The number of pyridine rings is 1. The molecule has 2 unspecified atom stereocenters. The summed E-state index contributed by atoms with van der Waals surface area (Å²) < 4.78 is 48.4. The van der Waals surface area contributed by atoms with Crippen LogP contribution in [0.1, 0.15) is 35.5 Å². The molecule has 6 atom stereocenters. The Labute approximate surface area is 215 Å². The Hall–Kier alpha value is -2.25. The van der Waals surface area contributed by atoms with E-state index >= 15 is 0 Å². The van der Waals surface area contributed by atoms with Crippen molar-refractivity contribution in [2.24, 2.45) is 0 Å². The van der Waals surface area contributed by atoms with E-state index in [1.54, 1.807) is 13.0 Å². The van der Waals surface area contributed by atoms with Gasteiger partial charge in [0.1, 0.15) is 24.1 Å². The van der Waals surface area contributed by atoms with Crippen LogP contribution in [-0.4, -0.2) is 70.5 Å². The quantitative estimate of drug-likeness (QED) is 0.215. The first-order chi connectivity index (χ1) is 17.8. The summed E-state index contributed by atoms with van der Waals surface area (Å²) in [5, 5.41) is 29.5. The fraction of sp³-hybridized carbons (Fsp3) is 0.455. The van der Waals surface area contributed by atoms with Crippen LogP contribution < -0.4 is 5.32 Å². The number of nitrogens with zero attached hydrogens (tertiary/aromatic N) is 3. The molecule has 1 saturated heterocycles. The second kappa shape index (κ2) is 10.1. The van der Waals surface area contributed by atoms with Gasteiger partial charge in [0, 0.05) is 11.4 Å². The molecule has 38 heavy (non-hydrogen) atoms. The van der Waals surface area contributed by atoms with Crippen molar-refractivity contribution in [2.45, 2.75) is 50.3 Å². The van der Waals surface area contributed by atoms with Crippen molar-refractivity contribution in [3.05, 3.63) is 53.1 Å². The zero-order chi connectivity index (χ0) is 27.4. The third kappa shape index (κ3) is 5.55. The molecule has 0 bridgehead atoms. The number of anilines is 1. The molecule has 0 radical (unpaired) electrons. The van der Waals surface area contributed by atoms with Crippen molar-refractivity contribution in [1.82, 2.24) is 14.8 Å². The molecule has 1 fully saturated rings. The molecule has 2 aliphatic rings. The molecule has 0 saturated carbocycles. The van der Waals surface area contributed by atoms with Gasteiger partial charge in [-0.15, -0.1) is 0 Å². The van der Waals surface area contributed by atoms with Crippen LogP contribution >= 0.6 is 15.2 Å². The molecular formula is C22H27FN4O9P2. The summed E-state index contributed by atoms with van der Waals surface area (Å²) in [5.41, 5.74) is 3.63. The first-order valence-corrected chi connectivity index (χ1v) is 15.3. The van der Waals surface area contributed by atoms with Crippen molar-refractivity contribution < 1.29 is 47.7 Å². The van der Waals surface area contributed by atoms with Gasteiger partial charge in [-0.3, -0.25) is 9.13 Å². The highest BCUT2D eigenvalue weighted by Gasteiger charge is 2.46. The van der Waals surface area contributed by atoms with Crippen LogP contribution in [-0.2, 0) is 24.8 Å². The Bertz CT molecular complexity index is 1460. The van der Waals surface area contributed by atoms with E-state index in [2.05, 4.69) is 15.4 Å². The average Bonchev–Trinajstić information content (AvgIpc) is 3.47. The summed E-state index contributed by atoms with van der Waals surface area (Å²) in [7, 11) is -9.52. The molecule has 1 aromatic carbocycles. The first-order valence-electron chi connectivity index (χ1n) is 11.7. The number of aliphatic hydroxyl groups is 2. The van der Waals surface area contributed by atoms with Gasteiger partial charge in [0.05, 0.1) is 24.2 Å². The molecule has 1 aliphatic heterocycles. The number of aryl methyl sites for hydroxylation is 2. The van der Waals surface area contributed by atoms with E-state index in [9.17, 15) is 28.6 Å². The monoisotopic (exact) mass is 572 g/mol. The van der Waals surface area contributed by atoms with Crippen molar-refractivity contribution in [3.8, 4) is 0 Å². The smallest absolute Gasteiger partial charge is 0.340 e. The summed E-state index contributed by atoms with van der Waals surface area (Å²) >= 11 is 0. The SMILES string of the molecule is Cc1cc(N[C@@H]2CCc3cc(F)ccc32)c2cnn([C@@H]3O[C@H](COP(=O)(O)CP(=O)(O)O)C(O)[C@@H]3O)c2n1. The first kappa shape index (κ1) is 27.3. The highest BCUT2D eigenvalue weighted by Crippen LogP contribution is 2.55. The van der Waals surface area contributed by atoms with Crippen LogP contribution in [0.3, 0.4) is 0 Å². The highest BCUT2D eigenvalue weighted by atomic mass is 31.2. The van der Waals surface area contributed by atoms with Gasteiger partial charge in [-0.1, -0.05) is 6.07 Å². The molecule has 5 rings (SSSR count). The van der Waals surface area contributed by atoms with Crippen LogP contribution in [0.2, 0.25) is 0 Å². The second-order valence-electron chi connectivity index (χ2n) is 9.50. The molecule has 2 aromatic heterocycles. The van der Waals surface area contributed by atoms with Gasteiger partial charge in [0.2, 0.25) is 0 Å². The second-order valence-corrected chi connectivity index (χ2v) is 13.5. The molecule has 1 aliphatic carbocycles. The molecule has 16 heteroatoms. The minimum Gasteiger partial charge on any atom is -0.387 e. The number of ether oxygens (including phenoxy) is 1. The van der Waals surface area contributed by atoms with Gasteiger partial charge in [0.25, 0.3) is 0 Å². The number of hydrogen-bond acceptors (Lipinski definition) is 9. The van der Waals surface area contributed by atoms with Crippen molar-refractivity contribution >= 4 is 31.9 Å². The third-order valence-corrected chi connectivity index (χ3v) is 10.0. The number of rotatable bonds is 8. The minimum absolute atomic E-state index is 0.0575. The normalized spacial score (nSPS) is 27.0. The number of aromatic nitrogens is 3. The maximum absolute atomic E-state index is 13.6. The van der Waals surface area contributed by atoms with E-state index in [1.807, 2.05) is 6.07 Å². The Morgan fingerprint density at radius 2 is 1.97 bits per heavy atom. The molecule has 3 heterocycles. The lowest BCUT2D eigenvalue weighted by molar-refractivity contribution is -0.0541. The fourth-order valence-electron chi connectivity index (χ4n) is 4.90. The Morgan fingerprint density at radius 1 is 1.21 bits per heavy atom. The molecule has 13 nitrogen and oxygen atoms in total. The van der Waals surface area contributed by atoms with Gasteiger partial charge in [0.15, 0.2) is 17.8 Å². The summed E-state index contributed by atoms with van der Waals surface area (Å²) in [6, 6.07) is 6.51. The summed E-state index contributed by atoms with van der Waals surface area (Å²) in [6.45, 7) is 1.07. The largest absolute Gasteiger partial charge is 0.387 e. The molecule has 0 spiro atoms. The van der Waals surface area contributed by atoms with E-state index in [-0.39, 0.29) is 11.9 Å². The number of aliphatic hydroxyl groups excluding tert-OH is 2. The number of nitrogens with one attached hydrogen (secondary N) is 1. The zero-order valence-corrected chi connectivity index (χ0v) is 21.9. The predicted molar refractivity (Wildman–Crippen MR) is 132 cm³/mol. The lowest BCUT2D eigenvalue weighted by atomic mass is 10.1. The number of fused-ring (bicyclic) bond motifs is 2.